The van der Waals surface area contributed by atoms with Gasteiger partial charge in [-0.2, -0.15) is 0 Å². The molecule has 0 aromatic heterocycles. The molecule has 1 fully saturated rings. The number of rotatable bonds is 28. The Morgan fingerprint density at radius 3 is 1.59 bits per heavy atom. The fraction of sp³-hybridized carbons (Fsp3) is 0.941. The topological polar surface area (TPSA) is 152 Å². The molecule has 6 unspecified atom stereocenters. The third-order valence-electron chi connectivity index (χ3n) is 8.24. The first-order valence-electron chi connectivity index (χ1n) is 17.6. The molecule has 6 atom stereocenters. The van der Waals surface area contributed by atoms with Crippen molar-refractivity contribution in [1.82, 2.24) is 0 Å². The van der Waals surface area contributed by atoms with Gasteiger partial charge in [-0.3, -0.25) is 9.59 Å². The van der Waals surface area contributed by atoms with Gasteiger partial charge in [0.05, 0.1) is 13.2 Å². The maximum absolute atomic E-state index is 12.6. The van der Waals surface area contributed by atoms with E-state index in [0.717, 1.165) is 32.1 Å². The average molecular weight is 633 g/mol. The lowest BCUT2D eigenvalue weighted by Gasteiger charge is -2.39. The summed E-state index contributed by atoms with van der Waals surface area (Å²) < 4.78 is 21.8. The summed E-state index contributed by atoms with van der Waals surface area (Å²) in [6.45, 7) is 3.22. The molecule has 44 heavy (non-hydrogen) atoms. The third kappa shape index (κ3) is 19.3. The van der Waals surface area contributed by atoms with Gasteiger partial charge >= 0.3 is 11.9 Å². The second kappa shape index (κ2) is 26.9. The molecule has 4 N–H and O–H groups in total. The highest BCUT2D eigenvalue weighted by atomic mass is 16.7. The van der Waals surface area contributed by atoms with Gasteiger partial charge < -0.3 is 39.4 Å². The van der Waals surface area contributed by atoms with Crippen molar-refractivity contribution >= 4 is 11.9 Å². The molecule has 1 aliphatic rings. The number of hydrogen-bond donors (Lipinski definition) is 4. The van der Waals surface area contributed by atoms with Crippen molar-refractivity contribution in [3.05, 3.63) is 0 Å². The maximum atomic E-state index is 12.6. The molecule has 10 nitrogen and oxygen atoms in total. The Morgan fingerprint density at radius 2 is 1.07 bits per heavy atom. The van der Waals surface area contributed by atoms with Gasteiger partial charge in [-0.15, -0.1) is 0 Å². The SMILES string of the molecule is CCCCCCCCCCCCCCCCCCC(=O)OC(COC(=O)CCCCC)COC1OC(CO)C(O)C(O)C1O. The van der Waals surface area contributed by atoms with E-state index in [1.807, 2.05) is 6.92 Å². The van der Waals surface area contributed by atoms with Crippen LogP contribution in [-0.2, 0) is 28.5 Å². The van der Waals surface area contributed by atoms with E-state index in [9.17, 15) is 30.0 Å². The lowest BCUT2D eigenvalue weighted by Crippen LogP contribution is -2.59. The van der Waals surface area contributed by atoms with Crippen molar-refractivity contribution in [2.75, 3.05) is 19.8 Å². The van der Waals surface area contributed by atoms with Crippen molar-refractivity contribution in [3.8, 4) is 0 Å². The number of hydrogen-bond acceptors (Lipinski definition) is 10. The van der Waals surface area contributed by atoms with Gasteiger partial charge in [-0.25, -0.2) is 0 Å². The molecule has 0 bridgehead atoms. The van der Waals surface area contributed by atoms with E-state index in [-0.39, 0.29) is 26.1 Å². The van der Waals surface area contributed by atoms with Crippen LogP contribution >= 0.6 is 0 Å². The number of ether oxygens (including phenoxy) is 4. The van der Waals surface area contributed by atoms with Crippen LogP contribution < -0.4 is 0 Å². The Balaban J connectivity index is 2.29. The van der Waals surface area contributed by atoms with Crippen LogP contribution in [0.1, 0.15) is 149 Å². The van der Waals surface area contributed by atoms with Gasteiger partial charge in [0.1, 0.15) is 31.0 Å². The van der Waals surface area contributed by atoms with Gasteiger partial charge in [0.2, 0.25) is 0 Å². The number of unbranched alkanes of at least 4 members (excludes halogenated alkanes) is 17. The van der Waals surface area contributed by atoms with Gasteiger partial charge in [-0.1, -0.05) is 123 Å². The number of aliphatic hydroxyl groups excluding tert-OH is 4. The molecular weight excluding hydrogens is 568 g/mol. The van der Waals surface area contributed by atoms with E-state index in [1.165, 1.54) is 77.0 Å². The first kappa shape index (κ1) is 40.7. The molecule has 0 amide bonds. The molecule has 0 aromatic carbocycles. The minimum absolute atomic E-state index is 0.215. The van der Waals surface area contributed by atoms with E-state index >= 15 is 0 Å². The van der Waals surface area contributed by atoms with Crippen LogP contribution in [0.25, 0.3) is 0 Å². The highest BCUT2D eigenvalue weighted by molar-refractivity contribution is 5.70. The quantitative estimate of drug-likeness (QED) is 0.0644. The normalized spacial score (nSPS) is 22.5. The molecule has 1 saturated heterocycles. The van der Waals surface area contributed by atoms with Crippen molar-refractivity contribution in [1.29, 1.82) is 0 Å². The van der Waals surface area contributed by atoms with Crippen molar-refractivity contribution in [2.45, 2.75) is 185 Å². The number of carbonyl (C=O) groups excluding carboxylic acids is 2. The molecule has 260 valence electrons. The van der Waals surface area contributed by atoms with Crippen molar-refractivity contribution in [2.24, 2.45) is 0 Å². The molecule has 0 spiro atoms. The van der Waals surface area contributed by atoms with Crippen LogP contribution in [-0.4, -0.2) is 89.0 Å². The Kier molecular flexibility index (Phi) is 24.9. The van der Waals surface area contributed by atoms with Crippen LogP contribution in [0.2, 0.25) is 0 Å². The van der Waals surface area contributed by atoms with Crippen LogP contribution in [0.15, 0.2) is 0 Å². The minimum atomic E-state index is -1.59. The molecule has 0 radical (unpaired) electrons. The van der Waals surface area contributed by atoms with E-state index in [0.29, 0.717) is 12.8 Å². The minimum Gasteiger partial charge on any atom is -0.462 e. The van der Waals surface area contributed by atoms with E-state index in [1.54, 1.807) is 0 Å². The van der Waals surface area contributed by atoms with Crippen LogP contribution in [0.3, 0.4) is 0 Å². The molecule has 0 aromatic rings. The highest BCUT2D eigenvalue weighted by Gasteiger charge is 2.44. The van der Waals surface area contributed by atoms with E-state index in [4.69, 9.17) is 18.9 Å². The molecule has 1 aliphatic heterocycles. The predicted molar refractivity (Wildman–Crippen MR) is 169 cm³/mol. The number of carbonyl (C=O) groups is 2. The maximum Gasteiger partial charge on any atom is 0.306 e. The largest absolute Gasteiger partial charge is 0.462 e. The summed E-state index contributed by atoms with van der Waals surface area (Å²) in [4.78, 5) is 24.7. The summed E-state index contributed by atoms with van der Waals surface area (Å²) in [5.41, 5.74) is 0. The van der Waals surface area contributed by atoms with Crippen LogP contribution in [0, 0.1) is 0 Å². The highest BCUT2D eigenvalue weighted by Crippen LogP contribution is 2.22. The fourth-order valence-corrected chi connectivity index (χ4v) is 5.36. The lowest BCUT2D eigenvalue weighted by molar-refractivity contribution is -0.305. The summed E-state index contributed by atoms with van der Waals surface area (Å²) >= 11 is 0. The summed E-state index contributed by atoms with van der Waals surface area (Å²) in [5, 5.41) is 39.6. The second-order valence-electron chi connectivity index (χ2n) is 12.3. The zero-order valence-electron chi connectivity index (χ0n) is 27.7. The molecule has 0 saturated carbocycles. The Hall–Kier alpha value is -1.30. The molecule has 0 aliphatic carbocycles. The average Bonchev–Trinajstić information content (AvgIpc) is 3.01. The zero-order valence-corrected chi connectivity index (χ0v) is 27.7. The number of esters is 2. The third-order valence-corrected chi connectivity index (χ3v) is 8.24. The molecule has 1 rings (SSSR count). The van der Waals surface area contributed by atoms with Gasteiger partial charge in [-0.05, 0) is 12.8 Å². The first-order chi connectivity index (χ1) is 21.3. The predicted octanol–water partition coefficient (Wildman–Crippen LogP) is 5.49. The van der Waals surface area contributed by atoms with Gasteiger partial charge in [0.15, 0.2) is 12.4 Å². The molecule has 10 heteroatoms. The van der Waals surface area contributed by atoms with Crippen LogP contribution in [0.5, 0.6) is 0 Å². The summed E-state index contributed by atoms with van der Waals surface area (Å²) in [5.74, 6) is -0.829. The van der Waals surface area contributed by atoms with Gasteiger partial charge in [0.25, 0.3) is 0 Å². The fourth-order valence-electron chi connectivity index (χ4n) is 5.36. The molecule has 1 heterocycles. The van der Waals surface area contributed by atoms with E-state index in [2.05, 4.69) is 6.92 Å². The number of aliphatic hydroxyl groups is 4. The van der Waals surface area contributed by atoms with Crippen molar-refractivity contribution in [3.63, 3.8) is 0 Å². The summed E-state index contributed by atoms with van der Waals surface area (Å²) in [6, 6.07) is 0. The molecular formula is C34H64O10. The van der Waals surface area contributed by atoms with Crippen LogP contribution in [0.4, 0.5) is 0 Å². The lowest BCUT2D eigenvalue weighted by atomic mass is 9.99. The first-order valence-corrected chi connectivity index (χ1v) is 17.6. The monoisotopic (exact) mass is 632 g/mol. The Morgan fingerprint density at radius 1 is 0.614 bits per heavy atom. The Bertz CT molecular complexity index is 704. The Labute approximate surface area is 266 Å². The smallest absolute Gasteiger partial charge is 0.306 e. The summed E-state index contributed by atoms with van der Waals surface area (Å²) in [6.07, 6.45) is 14.9. The zero-order chi connectivity index (χ0) is 32.4. The summed E-state index contributed by atoms with van der Waals surface area (Å²) in [7, 11) is 0. The second-order valence-corrected chi connectivity index (χ2v) is 12.3. The van der Waals surface area contributed by atoms with Gasteiger partial charge in [0, 0.05) is 12.8 Å². The van der Waals surface area contributed by atoms with E-state index < -0.39 is 55.4 Å². The van der Waals surface area contributed by atoms with Crippen molar-refractivity contribution < 1.29 is 49.0 Å². The standard InChI is InChI=1S/C34H64O10/c1-3-5-7-8-9-10-11-12-13-14-15-16-17-18-19-21-23-30(37)43-27(25-41-29(36)22-20-6-4-2)26-42-34-33(40)32(39)31(38)28(24-35)44-34/h27-28,31-35,38-40H,3-26H2,1-2H3.